The molecule has 5 heteroatoms. The van der Waals surface area contributed by atoms with E-state index in [-0.39, 0.29) is 5.56 Å². The zero-order chi connectivity index (χ0) is 19.6. The maximum atomic E-state index is 13.7. The van der Waals surface area contributed by atoms with E-state index in [0.717, 1.165) is 22.4 Å². The molecule has 0 saturated carbocycles. The number of hydrogen-bond donors (Lipinski definition) is 1. The first-order valence-electron chi connectivity index (χ1n) is 8.83. The number of halogens is 3. The molecule has 0 radical (unpaired) electrons. The molecule has 0 fully saturated rings. The summed E-state index contributed by atoms with van der Waals surface area (Å²) in [5, 5.41) is 7.39. The lowest BCUT2D eigenvalue weighted by molar-refractivity contribution is 0.150. The van der Waals surface area contributed by atoms with Gasteiger partial charge in [0, 0.05) is 15.3 Å². The summed E-state index contributed by atoms with van der Waals surface area (Å²) in [6.45, 7) is 0. The second kappa shape index (κ2) is 7.83. The number of aromatic amines is 1. The summed E-state index contributed by atoms with van der Waals surface area (Å²) in [6.07, 6.45) is -0.785. The van der Waals surface area contributed by atoms with Crippen LogP contribution >= 0.6 is 22.6 Å². The highest BCUT2D eigenvalue weighted by atomic mass is 127. The summed E-state index contributed by atoms with van der Waals surface area (Å²) in [5.41, 5.74) is 2.67. The lowest BCUT2D eigenvalue weighted by Gasteiger charge is -2.35. The van der Waals surface area contributed by atoms with Crippen molar-refractivity contribution in [2.75, 3.05) is 0 Å². The van der Waals surface area contributed by atoms with Gasteiger partial charge in [0.1, 0.15) is 0 Å². The fourth-order valence-corrected chi connectivity index (χ4v) is 4.30. The molecule has 0 atom stereocenters. The molecule has 0 aliphatic heterocycles. The second-order valence-electron chi connectivity index (χ2n) is 6.48. The van der Waals surface area contributed by atoms with Crippen LogP contribution in [0.3, 0.4) is 0 Å². The first-order chi connectivity index (χ1) is 13.6. The van der Waals surface area contributed by atoms with Gasteiger partial charge in [-0.3, -0.25) is 5.10 Å². The zero-order valence-corrected chi connectivity index (χ0v) is 17.0. The van der Waals surface area contributed by atoms with Crippen molar-refractivity contribution in [1.29, 1.82) is 0 Å². The molecule has 0 aliphatic rings. The molecule has 2 nitrogen and oxygen atoms in total. The minimum atomic E-state index is -2.55. The van der Waals surface area contributed by atoms with Crippen LogP contribution < -0.4 is 0 Å². The number of nitrogens with one attached hydrogen (secondary N) is 1. The van der Waals surface area contributed by atoms with Crippen LogP contribution in [0.15, 0.2) is 91.1 Å². The molecular formula is C23H17F2IN2. The van der Waals surface area contributed by atoms with Gasteiger partial charge in [-0.25, -0.2) is 8.78 Å². The fourth-order valence-electron chi connectivity index (χ4n) is 3.73. The van der Waals surface area contributed by atoms with Crippen LogP contribution in [0.5, 0.6) is 0 Å². The molecule has 1 aromatic heterocycles. The Morgan fingerprint density at radius 1 is 0.786 bits per heavy atom. The number of benzene rings is 3. The Hall–Kier alpha value is -2.54. The SMILES string of the molecule is FC(F)c1cc(C(c2ccccc2)(c2ccccc2)c2cc[nH]n2)ccc1I. The molecule has 140 valence electrons. The van der Waals surface area contributed by atoms with Crippen molar-refractivity contribution in [1.82, 2.24) is 10.2 Å². The van der Waals surface area contributed by atoms with E-state index in [1.54, 1.807) is 18.3 Å². The summed E-state index contributed by atoms with van der Waals surface area (Å²) < 4.78 is 28.0. The minimum absolute atomic E-state index is 0.0323. The molecule has 3 aromatic carbocycles. The molecule has 0 amide bonds. The van der Waals surface area contributed by atoms with Gasteiger partial charge in [0.25, 0.3) is 6.43 Å². The molecule has 0 spiro atoms. The molecule has 28 heavy (non-hydrogen) atoms. The first-order valence-corrected chi connectivity index (χ1v) is 9.91. The summed E-state index contributed by atoms with van der Waals surface area (Å²) in [5.74, 6) is 0. The van der Waals surface area contributed by atoms with Crippen molar-refractivity contribution < 1.29 is 8.78 Å². The number of H-pyrrole nitrogens is 1. The minimum Gasteiger partial charge on any atom is -0.285 e. The monoisotopic (exact) mass is 486 g/mol. The maximum Gasteiger partial charge on any atom is 0.264 e. The summed E-state index contributed by atoms with van der Waals surface area (Å²) in [6, 6.07) is 27.0. The molecule has 1 heterocycles. The molecule has 4 rings (SSSR count). The van der Waals surface area contributed by atoms with Gasteiger partial charge in [-0.15, -0.1) is 0 Å². The van der Waals surface area contributed by atoms with Gasteiger partial charge >= 0.3 is 0 Å². The highest BCUT2D eigenvalue weighted by Gasteiger charge is 2.40. The Balaban J connectivity index is 2.12. The van der Waals surface area contributed by atoms with Crippen molar-refractivity contribution >= 4 is 22.6 Å². The predicted octanol–water partition coefficient (Wildman–Crippen LogP) is 6.33. The largest absolute Gasteiger partial charge is 0.285 e. The van der Waals surface area contributed by atoms with Crippen molar-refractivity contribution in [2.24, 2.45) is 0 Å². The second-order valence-corrected chi connectivity index (χ2v) is 7.64. The number of alkyl halides is 2. The Morgan fingerprint density at radius 3 is 1.89 bits per heavy atom. The molecule has 0 bridgehead atoms. The third-order valence-electron chi connectivity index (χ3n) is 4.96. The molecule has 0 unspecified atom stereocenters. The van der Waals surface area contributed by atoms with Crippen molar-refractivity contribution in [3.05, 3.63) is 123 Å². The lowest BCUT2D eigenvalue weighted by Crippen LogP contribution is -2.31. The number of rotatable bonds is 5. The van der Waals surface area contributed by atoms with E-state index in [1.165, 1.54) is 0 Å². The van der Waals surface area contributed by atoms with Gasteiger partial charge in [-0.1, -0.05) is 66.7 Å². The van der Waals surface area contributed by atoms with Gasteiger partial charge < -0.3 is 0 Å². The maximum absolute atomic E-state index is 13.7. The highest BCUT2D eigenvalue weighted by molar-refractivity contribution is 14.1. The van der Waals surface area contributed by atoms with Gasteiger partial charge in [0.05, 0.1) is 11.1 Å². The van der Waals surface area contributed by atoms with Crippen LogP contribution in [0.25, 0.3) is 0 Å². The van der Waals surface area contributed by atoms with E-state index in [1.807, 2.05) is 95.4 Å². The average Bonchev–Trinajstić information content (AvgIpc) is 3.26. The first kappa shape index (κ1) is 18.8. The quantitative estimate of drug-likeness (QED) is 0.259. The van der Waals surface area contributed by atoms with E-state index in [2.05, 4.69) is 10.2 Å². The molecule has 4 aromatic rings. The van der Waals surface area contributed by atoms with Crippen molar-refractivity contribution in [2.45, 2.75) is 11.8 Å². The Labute approximate surface area is 175 Å². The predicted molar refractivity (Wildman–Crippen MR) is 115 cm³/mol. The van der Waals surface area contributed by atoms with Crippen LogP contribution in [0.1, 0.15) is 34.4 Å². The van der Waals surface area contributed by atoms with E-state index >= 15 is 0 Å². The third-order valence-corrected chi connectivity index (χ3v) is 5.95. The number of aromatic nitrogens is 2. The van der Waals surface area contributed by atoms with Crippen molar-refractivity contribution in [3.8, 4) is 0 Å². The lowest BCUT2D eigenvalue weighted by atomic mass is 9.67. The van der Waals surface area contributed by atoms with E-state index in [4.69, 9.17) is 0 Å². The molecule has 0 saturated heterocycles. The summed E-state index contributed by atoms with van der Waals surface area (Å²) in [4.78, 5) is 0. The van der Waals surface area contributed by atoms with Crippen LogP contribution in [-0.4, -0.2) is 10.2 Å². The van der Waals surface area contributed by atoms with Crippen LogP contribution in [0.2, 0.25) is 0 Å². The fraction of sp³-hybridized carbons (Fsp3) is 0.0870. The normalized spacial score (nSPS) is 11.7. The standard InChI is InChI=1S/C23H17F2IN2/c24-22(25)19-15-18(11-12-20(19)26)23(21-13-14-27-28-21,16-7-3-1-4-8-16)17-9-5-2-6-10-17/h1-15,22H,(H,27,28). The van der Waals surface area contributed by atoms with Crippen LogP contribution in [0.4, 0.5) is 8.78 Å². The molecule has 1 N–H and O–H groups in total. The summed E-state index contributed by atoms with van der Waals surface area (Å²) in [7, 11) is 0. The topological polar surface area (TPSA) is 28.7 Å². The number of nitrogens with zero attached hydrogens (tertiary/aromatic N) is 1. The summed E-state index contributed by atoms with van der Waals surface area (Å²) >= 11 is 1.96. The van der Waals surface area contributed by atoms with E-state index < -0.39 is 11.8 Å². The van der Waals surface area contributed by atoms with Crippen molar-refractivity contribution in [3.63, 3.8) is 0 Å². The third kappa shape index (κ3) is 3.13. The Kier molecular flexibility index (Phi) is 5.26. The average molecular weight is 486 g/mol. The van der Waals surface area contributed by atoms with Gasteiger partial charge in [0.15, 0.2) is 0 Å². The smallest absolute Gasteiger partial charge is 0.264 e. The van der Waals surface area contributed by atoms with Crippen LogP contribution in [-0.2, 0) is 5.41 Å². The number of hydrogen-bond acceptors (Lipinski definition) is 1. The molecule has 0 aliphatic carbocycles. The molecular weight excluding hydrogens is 469 g/mol. The van der Waals surface area contributed by atoms with E-state index in [0.29, 0.717) is 3.57 Å². The van der Waals surface area contributed by atoms with Gasteiger partial charge in [0.2, 0.25) is 0 Å². The van der Waals surface area contributed by atoms with Crippen LogP contribution in [0, 0.1) is 3.57 Å². The Bertz CT molecular complexity index is 1010. The van der Waals surface area contributed by atoms with Gasteiger partial charge in [-0.2, -0.15) is 5.10 Å². The van der Waals surface area contributed by atoms with Gasteiger partial charge in [-0.05, 0) is 57.5 Å². The zero-order valence-electron chi connectivity index (χ0n) is 14.8. The Morgan fingerprint density at radius 2 is 1.39 bits per heavy atom. The van der Waals surface area contributed by atoms with E-state index in [9.17, 15) is 8.78 Å². The highest BCUT2D eigenvalue weighted by Crippen LogP contribution is 2.45.